The Labute approximate surface area is 246 Å². The average molecular weight is 547 g/mol. The van der Waals surface area contributed by atoms with Crippen molar-refractivity contribution < 1.29 is 9.59 Å². The van der Waals surface area contributed by atoms with Gasteiger partial charge in [-0.25, -0.2) is 0 Å². The average Bonchev–Trinajstić information content (AvgIpc) is 3.43. The topological polar surface area (TPSA) is 40.6 Å². The van der Waals surface area contributed by atoms with Crippen LogP contribution in [0.15, 0.2) is 151 Å². The van der Waals surface area contributed by atoms with Crippen LogP contribution < -0.4 is 4.90 Å². The van der Waals surface area contributed by atoms with Gasteiger partial charge in [-0.3, -0.25) is 14.5 Å². The molecular weight excluding hydrogens is 516 g/mol. The summed E-state index contributed by atoms with van der Waals surface area (Å²) in [6, 6.07) is 48.4. The number of carbonyl (C=O) groups excluding carboxylic acids is 2. The van der Waals surface area contributed by atoms with Crippen LogP contribution in [0.25, 0.3) is 5.57 Å². The summed E-state index contributed by atoms with van der Waals surface area (Å²) in [5.74, 6) is -0.310. The van der Waals surface area contributed by atoms with E-state index in [0.717, 1.165) is 39.1 Å². The van der Waals surface area contributed by atoms with E-state index in [4.69, 9.17) is 0 Å². The van der Waals surface area contributed by atoms with Crippen molar-refractivity contribution >= 4 is 23.1 Å². The fraction of sp³-hybridized carbons (Fsp3) is 0.105. The number of rotatable bonds is 5. The van der Waals surface area contributed by atoms with Crippen molar-refractivity contribution in [1.82, 2.24) is 4.90 Å². The molecule has 5 aromatic rings. The molecule has 0 N–H and O–H groups in total. The van der Waals surface area contributed by atoms with Gasteiger partial charge in [-0.1, -0.05) is 140 Å². The maximum Gasteiger partial charge on any atom is 0.263 e. The molecule has 0 aliphatic carbocycles. The molecule has 5 aromatic carbocycles. The summed E-state index contributed by atoms with van der Waals surface area (Å²) in [6.45, 7) is 1.84. The lowest BCUT2D eigenvalue weighted by Gasteiger charge is -2.45. The molecule has 2 amide bonds. The molecule has 1 atom stereocenters. The van der Waals surface area contributed by atoms with E-state index in [0.29, 0.717) is 5.57 Å². The monoisotopic (exact) mass is 546 g/mol. The molecule has 7 rings (SSSR count). The maximum atomic E-state index is 15.7. The third-order valence-electron chi connectivity index (χ3n) is 8.89. The molecule has 0 unspecified atom stereocenters. The molecule has 0 bridgehead atoms. The van der Waals surface area contributed by atoms with Crippen LogP contribution in [0.4, 0.5) is 5.69 Å². The number of likely N-dealkylation sites (N-methyl/N-ethyl adjacent to an activating group) is 1. The van der Waals surface area contributed by atoms with E-state index in [1.54, 1.807) is 11.9 Å². The van der Waals surface area contributed by atoms with Gasteiger partial charge in [0.05, 0.1) is 5.69 Å². The SMILES string of the molecule is CC1=C(c2ccccc2)[C@]2(C(=O)N(C(c3ccccc3)(c3ccccc3)c3ccccc3)c3ccccc32)N(C)C1=O. The second-order valence-electron chi connectivity index (χ2n) is 10.9. The van der Waals surface area contributed by atoms with E-state index in [2.05, 4.69) is 36.4 Å². The van der Waals surface area contributed by atoms with Crippen molar-refractivity contribution in [2.24, 2.45) is 0 Å². The minimum absolute atomic E-state index is 0.149. The number of amides is 2. The first kappa shape index (κ1) is 25.7. The minimum Gasteiger partial charge on any atom is -0.320 e. The van der Waals surface area contributed by atoms with Crippen LogP contribution in [0.1, 0.15) is 34.7 Å². The number of anilines is 1. The van der Waals surface area contributed by atoms with Gasteiger partial charge >= 0.3 is 0 Å². The van der Waals surface area contributed by atoms with E-state index >= 15 is 4.79 Å². The Balaban J connectivity index is 1.62. The van der Waals surface area contributed by atoms with E-state index in [1.807, 2.05) is 121 Å². The van der Waals surface area contributed by atoms with Gasteiger partial charge < -0.3 is 4.90 Å². The van der Waals surface area contributed by atoms with Gasteiger partial charge in [0.15, 0.2) is 5.54 Å². The van der Waals surface area contributed by atoms with E-state index in [9.17, 15) is 4.79 Å². The predicted octanol–water partition coefficient (Wildman–Crippen LogP) is 7.17. The summed E-state index contributed by atoms with van der Waals surface area (Å²) >= 11 is 0. The van der Waals surface area contributed by atoms with Gasteiger partial charge in [0, 0.05) is 23.8 Å². The highest BCUT2D eigenvalue weighted by Crippen LogP contribution is 2.60. The van der Waals surface area contributed by atoms with Crippen LogP contribution in [0.2, 0.25) is 0 Å². The van der Waals surface area contributed by atoms with Crippen molar-refractivity contribution in [2.45, 2.75) is 18.0 Å². The zero-order valence-electron chi connectivity index (χ0n) is 23.6. The second kappa shape index (κ2) is 9.71. The largest absolute Gasteiger partial charge is 0.320 e. The predicted molar refractivity (Wildman–Crippen MR) is 167 cm³/mol. The summed E-state index contributed by atoms with van der Waals surface area (Å²) in [5, 5.41) is 0. The van der Waals surface area contributed by atoms with Gasteiger partial charge in [0.1, 0.15) is 5.54 Å². The molecule has 42 heavy (non-hydrogen) atoms. The highest BCUT2D eigenvalue weighted by atomic mass is 16.2. The first-order valence-corrected chi connectivity index (χ1v) is 14.2. The molecule has 4 heteroatoms. The van der Waals surface area contributed by atoms with Crippen molar-refractivity contribution in [3.63, 3.8) is 0 Å². The number of para-hydroxylation sites is 1. The van der Waals surface area contributed by atoms with Crippen molar-refractivity contribution in [3.8, 4) is 0 Å². The van der Waals surface area contributed by atoms with E-state index in [1.165, 1.54) is 0 Å². The lowest BCUT2D eigenvalue weighted by Crippen LogP contribution is -2.57. The molecule has 0 radical (unpaired) electrons. The molecule has 4 nitrogen and oxygen atoms in total. The number of hydrogen-bond donors (Lipinski definition) is 0. The van der Waals surface area contributed by atoms with Gasteiger partial charge in [0.25, 0.3) is 11.8 Å². The number of carbonyl (C=O) groups is 2. The molecule has 0 saturated heterocycles. The maximum absolute atomic E-state index is 15.7. The highest BCUT2D eigenvalue weighted by molar-refractivity contribution is 6.25. The number of fused-ring (bicyclic) bond motifs is 2. The fourth-order valence-corrected chi connectivity index (χ4v) is 7.17. The van der Waals surface area contributed by atoms with Crippen molar-refractivity contribution in [2.75, 3.05) is 11.9 Å². The Morgan fingerprint density at radius 2 is 1.00 bits per heavy atom. The summed E-state index contributed by atoms with van der Waals surface area (Å²) < 4.78 is 0. The lowest BCUT2D eigenvalue weighted by molar-refractivity contribution is -0.136. The van der Waals surface area contributed by atoms with Crippen molar-refractivity contribution in [3.05, 3.63) is 179 Å². The Hall–Kier alpha value is -5.22. The van der Waals surface area contributed by atoms with Crippen LogP contribution in [-0.4, -0.2) is 23.8 Å². The molecule has 2 aliphatic heterocycles. The lowest BCUT2D eigenvalue weighted by atomic mass is 9.75. The molecular formula is C38H30N2O2. The third-order valence-corrected chi connectivity index (χ3v) is 8.89. The quantitative estimate of drug-likeness (QED) is 0.219. The van der Waals surface area contributed by atoms with Gasteiger partial charge in [0.2, 0.25) is 0 Å². The van der Waals surface area contributed by atoms with Crippen LogP contribution >= 0.6 is 0 Å². The number of nitrogens with zero attached hydrogens (tertiary/aromatic N) is 2. The molecule has 2 aliphatic rings. The molecule has 204 valence electrons. The molecule has 0 saturated carbocycles. The Kier molecular flexibility index (Phi) is 5.95. The molecule has 0 aromatic heterocycles. The van der Waals surface area contributed by atoms with Crippen LogP contribution in [0, 0.1) is 0 Å². The smallest absolute Gasteiger partial charge is 0.263 e. The molecule has 1 spiro atoms. The zero-order chi connectivity index (χ0) is 28.9. The minimum atomic E-state index is -1.33. The van der Waals surface area contributed by atoms with Crippen molar-refractivity contribution in [1.29, 1.82) is 0 Å². The van der Waals surface area contributed by atoms with Gasteiger partial charge in [-0.2, -0.15) is 0 Å². The summed E-state index contributed by atoms with van der Waals surface area (Å²) in [7, 11) is 1.76. The number of benzene rings is 5. The third kappa shape index (κ3) is 3.29. The highest BCUT2D eigenvalue weighted by Gasteiger charge is 2.65. The van der Waals surface area contributed by atoms with E-state index < -0.39 is 11.1 Å². The molecule has 0 fully saturated rings. The zero-order valence-corrected chi connectivity index (χ0v) is 23.6. The Morgan fingerprint density at radius 1 is 0.571 bits per heavy atom. The first-order chi connectivity index (χ1) is 20.5. The Bertz CT molecular complexity index is 1740. The molecule has 2 heterocycles. The van der Waals surface area contributed by atoms with E-state index in [-0.39, 0.29) is 11.8 Å². The normalized spacial score (nSPS) is 18.2. The summed E-state index contributed by atoms with van der Waals surface area (Å²) in [6.07, 6.45) is 0. The first-order valence-electron chi connectivity index (χ1n) is 14.2. The fourth-order valence-electron chi connectivity index (χ4n) is 7.17. The van der Waals surface area contributed by atoms with Crippen LogP contribution in [-0.2, 0) is 20.7 Å². The summed E-state index contributed by atoms with van der Waals surface area (Å²) in [4.78, 5) is 33.2. The van der Waals surface area contributed by atoms with Gasteiger partial charge in [-0.15, -0.1) is 0 Å². The Morgan fingerprint density at radius 3 is 1.50 bits per heavy atom. The van der Waals surface area contributed by atoms with Crippen LogP contribution in [0.3, 0.4) is 0 Å². The standard InChI is InChI=1S/C38H30N2O2/c1-27-34(28-17-7-3-8-18-28)38(39(2)35(27)41)32-25-15-16-26-33(32)40(36(38)42)37(29-19-9-4-10-20-29,30-21-11-5-12-22-30)31-23-13-6-14-24-31/h3-26H,1-2H3/t38-/m1/s1. The van der Waals surface area contributed by atoms with Gasteiger partial charge in [-0.05, 0) is 35.2 Å². The second-order valence-corrected chi connectivity index (χ2v) is 10.9. The van der Waals surface area contributed by atoms with Crippen LogP contribution in [0.5, 0.6) is 0 Å². The number of hydrogen-bond acceptors (Lipinski definition) is 2. The summed E-state index contributed by atoms with van der Waals surface area (Å²) in [5.41, 5.74) is 4.27.